The zero-order chi connectivity index (χ0) is 14.9. The van der Waals surface area contributed by atoms with E-state index in [1.165, 1.54) is 19.2 Å². The van der Waals surface area contributed by atoms with E-state index in [1.54, 1.807) is 6.07 Å². The van der Waals surface area contributed by atoms with Gasteiger partial charge >= 0.3 is 0 Å². The van der Waals surface area contributed by atoms with Crippen molar-refractivity contribution < 1.29 is 9.72 Å². The Balaban J connectivity index is 2.47. The highest BCUT2D eigenvalue weighted by atomic mass is 16.6. The van der Waals surface area contributed by atoms with Crippen LogP contribution in [0.3, 0.4) is 0 Å². The molecule has 0 aromatic heterocycles. The molecule has 2 unspecified atom stereocenters. The van der Waals surface area contributed by atoms with Gasteiger partial charge in [-0.15, -0.1) is 0 Å². The highest BCUT2D eigenvalue weighted by Crippen LogP contribution is 2.33. The molecule has 0 saturated carbocycles. The summed E-state index contributed by atoms with van der Waals surface area (Å²) in [7, 11) is 1.53. The molecule has 1 heterocycles. The van der Waals surface area contributed by atoms with Crippen molar-refractivity contribution in [3.05, 3.63) is 33.9 Å². The molecule has 0 bridgehead atoms. The van der Waals surface area contributed by atoms with Crippen molar-refractivity contribution in [3.8, 4) is 0 Å². The molecule has 20 heavy (non-hydrogen) atoms. The number of nitro benzene ring substituents is 1. The van der Waals surface area contributed by atoms with Crippen LogP contribution in [-0.4, -0.2) is 30.5 Å². The van der Waals surface area contributed by atoms with E-state index < -0.39 is 4.92 Å². The van der Waals surface area contributed by atoms with Crippen molar-refractivity contribution in [2.45, 2.75) is 26.3 Å². The van der Waals surface area contributed by atoms with Gasteiger partial charge in [0.05, 0.1) is 16.2 Å². The van der Waals surface area contributed by atoms with Gasteiger partial charge in [-0.25, -0.2) is 0 Å². The van der Waals surface area contributed by atoms with Gasteiger partial charge in [0.1, 0.15) is 0 Å². The second-order valence-corrected chi connectivity index (χ2v) is 5.24. The van der Waals surface area contributed by atoms with Crippen LogP contribution >= 0.6 is 0 Å². The predicted octanol–water partition coefficient (Wildman–Crippen LogP) is 2.19. The predicted molar refractivity (Wildman–Crippen MR) is 77.1 cm³/mol. The van der Waals surface area contributed by atoms with Gasteiger partial charge in [-0.3, -0.25) is 14.9 Å². The Morgan fingerprint density at radius 2 is 2.15 bits per heavy atom. The monoisotopic (exact) mass is 277 g/mol. The maximum atomic E-state index is 12.0. The minimum Gasteiger partial charge on any atom is -0.368 e. The number of anilines is 1. The van der Waals surface area contributed by atoms with Gasteiger partial charge in [-0.1, -0.05) is 6.92 Å². The summed E-state index contributed by atoms with van der Waals surface area (Å²) in [5, 5.41) is 13.4. The van der Waals surface area contributed by atoms with Gasteiger partial charge in [0.15, 0.2) is 0 Å². The van der Waals surface area contributed by atoms with Crippen LogP contribution in [0.1, 0.15) is 30.6 Å². The first-order chi connectivity index (χ1) is 9.45. The summed E-state index contributed by atoms with van der Waals surface area (Å²) in [5.41, 5.74) is 1.07. The first kappa shape index (κ1) is 14.3. The quantitative estimate of drug-likeness (QED) is 0.678. The number of rotatable bonds is 3. The van der Waals surface area contributed by atoms with Crippen molar-refractivity contribution in [2.75, 3.05) is 18.5 Å². The van der Waals surface area contributed by atoms with Gasteiger partial charge in [0.2, 0.25) is 0 Å². The van der Waals surface area contributed by atoms with E-state index in [0.717, 1.165) is 18.7 Å². The fourth-order valence-electron chi connectivity index (χ4n) is 2.64. The third-order valence-electron chi connectivity index (χ3n) is 4.11. The Hall–Kier alpha value is -2.11. The summed E-state index contributed by atoms with van der Waals surface area (Å²) in [5.74, 6) is 0.248. The molecule has 6 heteroatoms. The molecule has 6 nitrogen and oxygen atoms in total. The third kappa shape index (κ3) is 2.45. The number of benzene rings is 1. The van der Waals surface area contributed by atoms with Crippen LogP contribution in [-0.2, 0) is 0 Å². The Bertz CT molecular complexity index is 544. The zero-order valence-corrected chi connectivity index (χ0v) is 11.9. The summed E-state index contributed by atoms with van der Waals surface area (Å²) < 4.78 is 0. The maximum Gasteiger partial charge on any atom is 0.270 e. The first-order valence-electron chi connectivity index (χ1n) is 6.73. The summed E-state index contributed by atoms with van der Waals surface area (Å²) in [6.07, 6.45) is 1.06. The Kier molecular flexibility index (Phi) is 3.92. The zero-order valence-electron chi connectivity index (χ0n) is 11.9. The number of carbonyl (C=O) groups is 1. The van der Waals surface area contributed by atoms with Gasteiger partial charge in [0.25, 0.3) is 11.6 Å². The number of nitrogens with one attached hydrogen (secondary N) is 1. The largest absolute Gasteiger partial charge is 0.368 e. The molecule has 1 aliphatic rings. The van der Waals surface area contributed by atoms with Crippen LogP contribution in [0.2, 0.25) is 0 Å². The molecule has 1 aromatic carbocycles. The number of amides is 1. The van der Waals surface area contributed by atoms with Gasteiger partial charge in [0, 0.05) is 31.8 Å². The lowest BCUT2D eigenvalue weighted by molar-refractivity contribution is -0.384. The summed E-state index contributed by atoms with van der Waals surface area (Å²) in [4.78, 5) is 24.5. The Morgan fingerprint density at radius 3 is 2.65 bits per heavy atom. The van der Waals surface area contributed by atoms with Crippen molar-refractivity contribution >= 4 is 17.3 Å². The van der Waals surface area contributed by atoms with E-state index in [1.807, 2.05) is 0 Å². The van der Waals surface area contributed by atoms with E-state index >= 15 is 0 Å². The van der Waals surface area contributed by atoms with E-state index in [0.29, 0.717) is 17.5 Å². The molecule has 1 amide bonds. The third-order valence-corrected chi connectivity index (χ3v) is 4.11. The highest BCUT2D eigenvalue weighted by molar-refractivity contribution is 6.00. The molecule has 2 rings (SSSR count). The molecule has 1 aliphatic heterocycles. The lowest BCUT2D eigenvalue weighted by atomic mass is 10.0. The van der Waals surface area contributed by atoms with E-state index in [-0.39, 0.29) is 11.6 Å². The minimum atomic E-state index is -0.480. The molecule has 1 fully saturated rings. The highest BCUT2D eigenvalue weighted by Gasteiger charge is 2.30. The molecule has 108 valence electrons. The van der Waals surface area contributed by atoms with Crippen molar-refractivity contribution in [1.29, 1.82) is 0 Å². The van der Waals surface area contributed by atoms with Crippen LogP contribution in [0.5, 0.6) is 0 Å². The maximum absolute atomic E-state index is 12.0. The van der Waals surface area contributed by atoms with Crippen molar-refractivity contribution in [1.82, 2.24) is 5.32 Å². The molecule has 0 aliphatic carbocycles. The van der Waals surface area contributed by atoms with Crippen molar-refractivity contribution in [3.63, 3.8) is 0 Å². The molecule has 1 N–H and O–H groups in total. The second kappa shape index (κ2) is 5.48. The Morgan fingerprint density at radius 1 is 1.45 bits per heavy atom. The molecular formula is C14H19N3O3. The lowest BCUT2D eigenvalue weighted by Gasteiger charge is -2.27. The number of nitrogens with zero attached hydrogens (tertiary/aromatic N) is 2. The number of hydrogen-bond donors (Lipinski definition) is 1. The molecular weight excluding hydrogens is 258 g/mol. The Labute approximate surface area is 117 Å². The average Bonchev–Trinajstić information content (AvgIpc) is 2.77. The minimum absolute atomic E-state index is 0.0627. The first-order valence-corrected chi connectivity index (χ1v) is 6.73. The summed E-state index contributed by atoms with van der Waals surface area (Å²) in [6, 6.07) is 4.80. The standard InChI is InChI=1S/C14H19N3O3/c1-9-6-7-16(10(9)2)13-5-4-11(17(19)20)8-12(13)14(18)15-3/h4-5,8-10H,6-7H2,1-3H3,(H,15,18). The number of non-ortho nitro benzene ring substituents is 1. The lowest BCUT2D eigenvalue weighted by Crippen LogP contribution is -2.31. The summed E-state index contributed by atoms with van der Waals surface area (Å²) in [6.45, 7) is 5.16. The summed E-state index contributed by atoms with van der Waals surface area (Å²) >= 11 is 0. The smallest absolute Gasteiger partial charge is 0.270 e. The van der Waals surface area contributed by atoms with Gasteiger partial charge in [-0.05, 0) is 25.3 Å². The van der Waals surface area contributed by atoms with E-state index in [2.05, 4.69) is 24.1 Å². The molecule has 1 aromatic rings. The number of carbonyl (C=O) groups excluding carboxylic acids is 1. The molecule has 1 saturated heterocycles. The van der Waals surface area contributed by atoms with Crippen LogP contribution in [0.15, 0.2) is 18.2 Å². The molecule has 0 spiro atoms. The van der Waals surface area contributed by atoms with Gasteiger partial charge in [-0.2, -0.15) is 0 Å². The normalized spacial score (nSPS) is 21.9. The average molecular weight is 277 g/mol. The second-order valence-electron chi connectivity index (χ2n) is 5.24. The van der Waals surface area contributed by atoms with Crippen LogP contribution in [0, 0.1) is 16.0 Å². The fourth-order valence-corrected chi connectivity index (χ4v) is 2.64. The fraction of sp³-hybridized carbons (Fsp3) is 0.500. The van der Waals surface area contributed by atoms with Gasteiger partial charge < -0.3 is 10.2 Å². The topological polar surface area (TPSA) is 75.5 Å². The van der Waals surface area contributed by atoms with E-state index in [9.17, 15) is 14.9 Å². The van der Waals surface area contributed by atoms with E-state index in [4.69, 9.17) is 0 Å². The molecule has 2 atom stereocenters. The number of nitro groups is 1. The van der Waals surface area contributed by atoms with Crippen LogP contribution in [0.25, 0.3) is 0 Å². The van der Waals surface area contributed by atoms with Crippen LogP contribution in [0.4, 0.5) is 11.4 Å². The number of hydrogen-bond acceptors (Lipinski definition) is 4. The van der Waals surface area contributed by atoms with Crippen molar-refractivity contribution in [2.24, 2.45) is 5.92 Å². The SMILES string of the molecule is CNC(=O)c1cc([N+](=O)[O-])ccc1N1CCC(C)C1C. The molecule has 0 radical (unpaired) electrons. The van der Waals surface area contributed by atoms with Crippen LogP contribution < -0.4 is 10.2 Å².